The predicted octanol–water partition coefficient (Wildman–Crippen LogP) is 4.00. The Balaban J connectivity index is 1.76. The molecule has 6 nitrogen and oxygen atoms in total. The van der Waals surface area contributed by atoms with Crippen LogP contribution in [0.25, 0.3) is 5.69 Å². The number of ether oxygens (including phenoxy) is 1. The Bertz CT molecular complexity index is 836. The number of para-hydroxylation sites is 1. The Hall–Kier alpha value is -2.61. The predicted molar refractivity (Wildman–Crippen MR) is 89.9 cm³/mol. The van der Waals surface area contributed by atoms with Gasteiger partial charge in [0.1, 0.15) is 11.8 Å². The van der Waals surface area contributed by atoms with Gasteiger partial charge in [-0.05, 0) is 31.5 Å². The Morgan fingerprint density at radius 2 is 1.96 bits per heavy atom. The lowest BCUT2D eigenvalue weighted by Gasteiger charge is -2.10. The lowest BCUT2D eigenvalue weighted by atomic mass is 10.2. The molecule has 0 aliphatic carbocycles. The van der Waals surface area contributed by atoms with Crippen molar-refractivity contribution < 1.29 is 18.0 Å². The fraction of sp³-hybridized carbons (Fsp3) is 0.389. The van der Waals surface area contributed by atoms with E-state index in [4.69, 9.17) is 9.26 Å². The molecule has 2 aromatic heterocycles. The number of aromatic nitrogens is 4. The summed E-state index contributed by atoms with van der Waals surface area (Å²) in [7, 11) is 0. The van der Waals surface area contributed by atoms with Crippen molar-refractivity contribution in [1.29, 1.82) is 0 Å². The standard InChI is InChI=1S/C18H20F2N4O2/c1-3-6-15(25-4-2)18-21-16(23-26-18)11-12-9-10-24(22-12)17-13(19)7-5-8-14(17)20/h5,7-10,15H,3-4,6,11H2,1-2H3. The fourth-order valence-corrected chi connectivity index (χ4v) is 2.66. The van der Waals surface area contributed by atoms with E-state index in [2.05, 4.69) is 22.2 Å². The van der Waals surface area contributed by atoms with Crippen molar-refractivity contribution in [2.45, 2.75) is 39.2 Å². The zero-order chi connectivity index (χ0) is 18.5. The molecule has 0 aliphatic heterocycles. The molecule has 0 fully saturated rings. The van der Waals surface area contributed by atoms with Crippen molar-refractivity contribution in [3.63, 3.8) is 0 Å². The minimum Gasteiger partial charge on any atom is -0.369 e. The van der Waals surface area contributed by atoms with E-state index in [0.29, 0.717) is 24.0 Å². The molecule has 0 aliphatic rings. The molecule has 3 aromatic rings. The Kier molecular flexibility index (Phi) is 5.72. The van der Waals surface area contributed by atoms with Gasteiger partial charge < -0.3 is 9.26 Å². The second-order valence-corrected chi connectivity index (χ2v) is 5.78. The SMILES string of the molecule is CCCC(OCC)c1nc(Cc2ccn(-c3c(F)cccc3F)n2)no1. The van der Waals surface area contributed by atoms with Crippen molar-refractivity contribution in [3.8, 4) is 5.69 Å². The molecule has 0 saturated carbocycles. The van der Waals surface area contributed by atoms with E-state index in [-0.39, 0.29) is 18.2 Å². The zero-order valence-electron chi connectivity index (χ0n) is 14.7. The van der Waals surface area contributed by atoms with Crippen LogP contribution in [-0.2, 0) is 11.2 Å². The lowest BCUT2D eigenvalue weighted by molar-refractivity contribution is 0.0321. The Labute approximate surface area is 149 Å². The molecule has 0 saturated heterocycles. The second kappa shape index (κ2) is 8.18. The molecule has 1 atom stereocenters. The number of benzene rings is 1. The van der Waals surface area contributed by atoms with Crippen molar-refractivity contribution in [3.05, 3.63) is 59.5 Å². The average Bonchev–Trinajstić information content (AvgIpc) is 3.25. The van der Waals surface area contributed by atoms with Gasteiger partial charge in [0.25, 0.3) is 5.89 Å². The van der Waals surface area contributed by atoms with Crippen molar-refractivity contribution in [1.82, 2.24) is 19.9 Å². The van der Waals surface area contributed by atoms with Crippen LogP contribution < -0.4 is 0 Å². The number of nitrogens with zero attached hydrogens (tertiary/aromatic N) is 4. The van der Waals surface area contributed by atoms with Gasteiger partial charge in [-0.2, -0.15) is 10.1 Å². The largest absolute Gasteiger partial charge is 0.369 e. The van der Waals surface area contributed by atoms with E-state index in [1.165, 1.54) is 29.1 Å². The summed E-state index contributed by atoms with van der Waals surface area (Å²) < 4.78 is 39.8. The maximum Gasteiger partial charge on any atom is 0.255 e. The highest BCUT2D eigenvalue weighted by molar-refractivity contribution is 5.34. The molecule has 1 aromatic carbocycles. The normalized spacial score (nSPS) is 12.5. The van der Waals surface area contributed by atoms with E-state index in [0.717, 1.165) is 12.8 Å². The molecule has 0 bridgehead atoms. The Morgan fingerprint density at radius 3 is 2.65 bits per heavy atom. The van der Waals surface area contributed by atoms with Gasteiger partial charge in [-0.3, -0.25) is 0 Å². The molecule has 8 heteroatoms. The molecular formula is C18H20F2N4O2. The summed E-state index contributed by atoms with van der Waals surface area (Å²) in [4.78, 5) is 4.36. The minimum absolute atomic E-state index is 0.216. The number of rotatable bonds is 8. The van der Waals surface area contributed by atoms with Gasteiger partial charge in [0, 0.05) is 12.8 Å². The summed E-state index contributed by atoms with van der Waals surface area (Å²) in [5.74, 6) is -0.482. The van der Waals surface area contributed by atoms with Crippen molar-refractivity contribution in [2.24, 2.45) is 0 Å². The van der Waals surface area contributed by atoms with Crippen LogP contribution in [0.5, 0.6) is 0 Å². The number of hydrogen-bond acceptors (Lipinski definition) is 5. The van der Waals surface area contributed by atoms with Gasteiger partial charge >= 0.3 is 0 Å². The van der Waals surface area contributed by atoms with Crippen LogP contribution >= 0.6 is 0 Å². The van der Waals surface area contributed by atoms with E-state index >= 15 is 0 Å². The second-order valence-electron chi connectivity index (χ2n) is 5.78. The van der Waals surface area contributed by atoms with Gasteiger partial charge in [0.2, 0.25) is 0 Å². The maximum absolute atomic E-state index is 13.9. The van der Waals surface area contributed by atoms with E-state index < -0.39 is 11.6 Å². The fourth-order valence-electron chi connectivity index (χ4n) is 2.66. The molecular weight excluding hydrogens is 342 g/mol. The topological polar surface area (TPSA) is 66.0 Å². The van der Waals surface area contributed by atoms with E-state index in [9.17, 15) is 8.78 Å². The number of halogens is 2. The first-order chi connectivity index (χ1) is 12.6. The summed E-state index contributed by atoms with van der Waals surface area (Å²) in [5.41, 5.74) is 0.357. The van der Waals surface area contributed by atoms with E-state index in [1.54, 1.807) is 6.07 Å². The van der Waals surface area contributed by atoms with Crippen molar-refractivity contribution in [2.75, 3.05) is 6.61 Å². The number of hydrogen-bond donors (Lipinski definition) is 0. The summed E-state index contributed by atoms with van der Waals surface area (Å²) in [6.07, 6.45) is 3.28. The third-order valence-corrected chi connectivity index (χ3v) is 3.83. The van der Waals surface area contributed by atoms with Gasteiger partial charge in [0.15, 0.2) is 17.5 Å². The summed E-state index contributed by atoms with van der Waals surface area (Å²) in [5, 5.41) is 8.16. The molecule has 0 radical (unpaired) electrons. The Morgan fingerprint density at radius 1 is 1.19 bits per heavy atom. The molecule has 2 heterocycles. The summed E-state index contributed by atoms with van der Waals surface area (Å²) >= 11 is 0. The van der Waals surface area contributed by atoms with Gasteiger partial charge in [-0.1, -0.05) is 24.6 Å². The highest BCUT2D eigenvalue weighted by atomic mass is 19.1. The first-order valence-corrected chi connectivity index (χ1v) is 8.55. The zero-order valence-corrected chi connectivity index (χ0v) is 14.7. The highest BCUT2D eigenvalue weighted by Crippen LogP contribution is 2.22. The van der Waals surface area contributed by atoms with Crippen LogP contribution in [0.1, 0.15) is 50.2 Å². The first kappa shape index (κ1) is 18.2. The van der Waals surface area contributed by atoms with Crippen LogP contribution in [-0.4, -0.2) is 26.5 Å². The molecule has 0 amide bonds. The van der Waals surface area contributed by atoms with E-state index in [1.807, 2.05) is 6.92 Å². The lowest BCUT2D eigenvalue weighted by Crippen LogP contribution is -2.05. The quantitative estimate of drug-likeness (QED) is 0.606. The van der Waals surface area contributed by atoms with Gasteiger partial charge in [0.05, 0.1) is 12.1 Å². The van der Waals surface area contributed by atoms with Crippen molar-refractivity contribution >= 4 is 0 Å². The molecule has 0 N–H and O–H groups in total. The third kappa shape index (κ3) is 3.96. The molecule has 1 unspecified atom stereocenters. The maximum atomic E-state index is 13.9. The van der Waals surface area contributed by atoms with Crippen LogP contribution in [0, 0.1) is 11.6 Å². The smallest absolute Gasteiger partial charge is 0.255 e. The molecule has 3 rings (SSSR count). The highest BCUT2D eigenvalue weighted by Gasteiger charge is 2.19. The van der Waals surface area contributed by atoms with Crippen LogP contribution in [0.4, 0.5) is 8.78 Å². The van der Waals surface area contributed by atoms with Crippen LogP contribution in [0.2, 0.25) is 0 Å². The minimum atomic E-state index is -0.680. The first-order valence-electron chi connectivity index (χ1n) is 8.55. The van der Waals surface area contributed by atoms with Gasteiger partial charge in [-0.15, -0.1) is 0 Å². The average molecular weight is 362 g/mol. The monoisotopic (exact) mass is 362 g/mol. The molecule has 26 heavy (non-hydrogen) atoms. The van der Waals surface area contributed by atoms with Gasteiger partial charge in [-0.25, -0.2) is 13.5 Å². The molecule has 0 spiro atoms. The van der Waals surface area contributed by atoms with Crippen LogP contribution in [0.15, 0.2) is 35.0 Å². The molecule has 138 valence electrons. The third-order valence-electron chi connectivity index (χ3n) is 3.83. The summed E-state index contributed by atoms with van der Waals surface area (Å²) in [6, 6.07) is 5.35. The van der Waals surface area contributed by atoms with Crippen LogP contribution in [0.3, 0.4) is 0 Å². The summed E-state index contributed by atoms with van der Waals surface area (Å²) in [6.45, 7) is 4.52.